The summed E-state index contributed by atoms with van der Waals surface area (Å²) in [5, 5.41) is 18.5. The number of hydrogen-bond acceptors (Lipinski definition) is 3. The highest BCUT2D eigenvalue weighted by Crippen LogP contribution is 2.35. The highest BCUT2D eigenvalue weighted by Gasteiger charge is 2.30. The first-order valence-corrected chi connectivity index (χ1v) is 6.51. The summed E-state index contributed by atoms with van der Waals surface area (Å²) >= 11 is 0. The van der Waals surface area contributed by atoms with Crippen LogP contribution in [-0.2, 0) is 4.74 Å². The maximum Gasteiger partial charge on any atom is 0.0697 e. The maximum absolute atomic E-state index is 9.92. The standard InChI is InChI=1S/C13H26O3/c1-10(2)11-3-4-13(15)12(9-11)5-7-16-8-6-14/h10-15H,3-9H2,1-2H3. The molecule has 3 nitrogen and oxygen atoms in total. The third kappa shape index (κ3) is 4.40. The van der Waals surface area contributed by atoms with Crippen molar-refractivity contribution in [2.24, 2.45) is 17.8 Å². The Bertz CT molecular complexity index is 182. The molecule has 0 spiro atoms. The molecule has 0 aromatic rings. The van der Waals surface area contributed by atoms with Crippen LogP contribution in [0.5, 0.6) is 0 Å². The molecular formula is C13H26O3. The Kier molecular flexibility index (Phi) is 6.32. The van der Waals surface area contributed by atoms with Gasteiger partial charge in [-0.15, -0.1) is 0 Å². The van der Waals surface area contributed by atoms with Crippen LogP contribution in [0.25, 0.3) is 0 Å². The van der Waals surface area contributed by atoms with E-state index in [4.69, 9.17) is 9.84 Å². The molecule has 1 aliphatic rings. The number of aliphatic hydroxyl groups excluding tert-OH is 2. The molecule has 0 saturated heterocycles. The van der Waals surface area contributed by atoms with Crippen molar-refractivity contribution in [3.8, 4) is 0 Å². The molecule has 1 fully saturated rings. The lowest BCUT2D eigenvalue weighted by molar-refractivity contribution is 0.0110. The largest absolute Gasteiger partial charge is 0.394 e. The minimum absolute atomic E-state index is 0.0852. The average Bonchev–Trinajstić information content (AvgIpc) is 2.26. The molecule has 3 atom stereocenters. The highest BCUT2D eigenvalue weighted by atomic mass is 16.5. The second-order valence-electron chi connectivity index (χ2n) is 5.27. The summed E-state index contributed by atoms with van der Waals surface area (Å²) in [6.07, 6.45) is 4.00. The lowest BCUT2D eigenvalue weighted by Gasteiger charge is -2.35. The van der Waals surface area contributed by atoms with Gasteiger partial charge < -0.3 is 14.9 Å². The van der Waals surface area contributed by atoms with E-state index in [1.54, 1.807) is 0 Å². The van der Waals surface area contributed by atoms with Gasteiger partial charge in [-0.25, -0.2) is 0 Å². The summed E-state index contributed by atoms with van der Waals surface area (Å²) < 4.78 is 5.27. The third-order valence-electron chi connectivity index (χ3n) is 3.79. The topological polar surface area (TPSA) is 49.7 Å². The Hall–Kier alpha value is -0.120. The second-order valence-corrected chi connectivity index (χ2v) is 5.27. The smallest absolute Gasteiger partial charge is 0.0697 e. The van der Waals surface area contributed by atoms with Crippen LogP contribution < -0.4 is 0 Å². The quantitative estimate of drug-likeness (QED) is 0.684. The van der Waals surface area contributed by atoms with Gasteiger partial charge in [0.1, 0.15) is 0 Å². The van der Waals surface area contributed by atoms with Gasteiger partial charge in [-0.3, -0.25) is 0 Å². The summed E-state index contributed by atoms with van der Waals surface area (Å²) in [7, 11) is 0. The van der Waals surface area contributed by atoms with Crippen LogP contribution in [0.2, 0.25) is 0 Å². The normalized spacial score (nSPS) is 30.9. The minimum atomic E-state index is -0.146. The average molecular weight is 230 g/mol. The molecule has 2 N–H and O–H groups in total. The molecule has 0 aromatic carbocycles. The predicted molar refractivity (Wildman–Crippen MR) is 64.2 cm³/mol. The zero-order valence-corrected chi connectivity index (χ0v) is 10.6. The molecule has 96 valence electrons. The van der Waals surface area contributed by atoms with E-state index in [1.165, 1.54) is 0 Å². The van der Waals surface area contributed by atoms with Gasteiger partial charge in [-0.2, -0.15) is 0 Å². The highest BCUT2D eigenvalue weighted by molar-refractivity contribution is 4.81. The van der Waals surface area contributed by atoms with Gasteiger partial charge in [0, 0.05) is 6.61 Å². The minimum Gasteiger partial charge on any atom is -0.394 e. The molecule has 0 aliphatic heterocycles. The lowest BCUT2D eigenvalue weighted by atomic mass is 9.74. The summed E-state index contributed by atoms with van der Waals surface area (Å²) in [5.74, 6) is 1.86. The zero-order chi connectivity index (χ0) is 12.0. The van der Waals surface area contributed by atoms with E-state index in [1.807, 2.05) is 0 Å². The molecule has 16 heavy (non-hydrogen) atoms. The third-order valence-corrected chi connectivity index (χ3v) is 3.79. The van der Waals surface area contributed by atoms with E-state index in [0.29, 0.717) is 25.0 Å². The molecule has 3 heteroatoms. The van der Waals surface area contributed by atoms with Crippen LogP contribution in [0.3, 0.4) is 0 Å². The van der Waals surface area contributed by atoms with Crippen LogP contribution in [0.15, 0.2) is 0 Å². The fourth-order valence-corrected chi connectivity index (χ4v) is 2.60. The number of ether oxygens (including phenoxy) is 1. The summed E-state index contributed by atoms with van der Waals surface area (Å²) in [6.45, 7) is 5.69. The van der Waals surface area contributed by atoms with Crippen molar-refractivity contribution >= 4 is 0 Å². The fourth-order valence-electron chi connectivity index (χ4n) is 2.60. The van der Waals surface area contributed by atoms with Crippen molar-refractivity contribution in [2.45, 2.75) is 45.6 Å². The van der Waals surface area contributed by atoms with Gasteiger partial charge in [0.2, 0.25) is 0 Å². The molecule has 0 radical (unpaired) electrons. The molecule has 1 saturated carbocycles. The van der Waals surface area contributed by atoms with E-state index >= 15 is 0 Å². The first-order chi connectivity index (χ1) is 7.65. The van der Waals surface area contributed by atoms with Gasteiger partial charge in [-0.1, -0.05) is 13.8 Å². The Morgan fingerprint density at radius 3 is 2.62 bits per heavy atom. The van der Waals surface area contributed by atoms with Crippen LogP contribution in [0.4, 0.5) is 0 Å². The van der Waals surface area contributed by atoms with E-state index < -0.39 is 0 Å². The summed E-state index contributed by atoms with van der Waals surface area (Å²) in [5.41, 5.74) is 0. The Morgan fingerprint density at radius 2 is 2.00 bits per heavy atom. The zero-order valence-electron chi connectivity index (χ0n) is 10.6. The summed E-state index contributed by atoms with van der Waals surface area (Å²) in [6, 6.07) is 0. The SMILES string of the molecule is CC(C)C1CCC(O)C(CCOCCO)C1. The van der Waals surface area contributed by atoms with Crippen molar-refractivity contribution < 1.29 is 14.9 Å². The van der Waals surface area contributed by atoms with Gasteiger partial charge in [0.15, 0.2) is 0 Å². The van der Waals surface area contributed by atoms with Crippen molar-refractivity contribution in [1.29, 1.82) is 0 Å². The van der Waals surface area contributed by atoms with Gasteiger partial charge >= 0.3 is 0 Å². The van der Waals surface area contributed by atoms with E-state index in [0.717, 1.165) is 31.6 Å². The molecule has 1 rings (SSSR count). The van der Waals surface area contributed by atoms with Crippen LogP contribution in [0, 0.1) is 17.8 Å². The molecule has 0 bridgehead atoms. The molecule has 3 unspecified atom stereocenters. The maximum atomic E-state index is 9.92. The first kappa shape index (κ1) is 13.9. The molecule has 0 heterocycles. The molecule has 0 amide bonds. The van der Waals surface area contributed by atoms with Crippen LogP contribution in [-0.4, -0.2) is 36.1 Å². The monoisotopic (exact) mass is 230 g/mol. The van der Waals surface area contributed by atoms with Crippen molar-refractivity contribution in [3.63, 3.8) is 0 Å². The van der Waals surface area contributed by atoms with Crippen LogP contribution >= 0.6 is 0 Å². The second kappa shape index (κ2) is 7.25. The van der Waals surface area contributed by atoms with Crippen molar-refractivity contribution in [1.82, 2.24) is 0 Å². The van der Waals surface area contributed by atoms with E-state index in [-0.39, 0.29) is 12.7 Å². The Morgan fingerprint density at radius 1 is 1.25 bits per heavy atom. The van der Waals surface area contributed by atoms with E-state index in [2.05, 4.69) is 13.8 Å². The van der Waals surface area contributed by atoms with Crippen molar-refractivity contribution in [2.75, 3.05) is 19.8 Å². The number of aliphatic hydroxyl groups is 2. The molecule has 1 aliphatic carbocycles. The Labute approximate surface area is 98.8 Å². The lowest BCUT2D eigenvalue weighted by Crippen LogP contribution is -2.32. The van der Waals surface area contributed by atoms with Gasteiger partial charge in [-0.05, 0) is 43.4 Å². The fraction of sp³-hybridized carbons (Fsp3) is 1.00. The van der Waals surface area contributed by atoms with Gasteiger partial charge in [0.05, 0.1) is 19.3 Å². The number of rotatable bonds is 6. The Balaban J connectivity index is 2.26. The van der Waals surface area contributed by atoms with Crippen LogP contribution in [0.1, 0.15) is 39.5 Å². The van der Waals surface area contributed by atoms with Crippen molar-refractivity contribution in [3.05, 3.63) is 0 Å². The van der Waals surface area contributed by atoms with E-state index in [9.17, 15) is 5.11 Å². The predicted octanol–water partition coefficient (Wildman–Crippen LogP) is 1.82. The number of hydrogen-bond donors (Lipinski definition) is 2. The molecule has 0 aromatic heterocycles. The summed E-state index contributed by atoms with van der Waals surface area (Å²) in [4.78, 5) is 0. The van der Waals surface area contributed by atoms with Gasteiger partial charge in [0.25, 0.3) is 0 Å². The first-order valence-electron chi connectivity index (χ1n) is 6.51. The molecular weight excluding hydrogens is 204 g/mol.